The minimum absolute atomic E-state index is 0.0292. The number of methoxy groups -OCH3 is 1. The van der Waals surface area contributed by atoms with Gasteiger partial charge in [0, 0.05) is 59.3 Å². The van der Waals surface area contributed by atoms with Gasteiger partial charge in [0.2, 0.25) is 23.6 Å². The highest BCUT2D eigenvalue weighted by atomic mass is 16.5. The lowest BCUT2D eigenvalue weighted by Crippen LogP contribution is -2.51. The molecule has 0 bridgehead atoms. The van der Waals surface area contributed by atoms with Crippen LogP contribution in [0.3, 0.4) is 0 Å². The van der Waals surface area contributed by atoms with E-state index in [9.17, 15) is 19.2 Å². The van der Waals surface area contributed by atoms with E-state index in [0.29, 0.717) is 58.0 Å². The van der Waals surface area contributed by atoms with Crippen LogP contribution in [0.1, 0.15) is 37.7 Å². The van der Waals surface area contributed by atoms with Crippen molar-refractivity contribution in [2.75, 3.05) is 59.7 Å². The van der Waals surface area contributed by atoms with Crippen LogP contribution in [-0.4, -0.2) is 98.0 Å². The van der Waals surface area contributed by atoms with Crippen LogP contribution in [0.5, 0.6) is 0 Å². The molecule has 9 heteroatoms. The molecule has 2 atom stereocenters. The predicted octanol–water partition coefficient (Wildman–Crippen LogP) is 1.21. The van der Waals surface area contributed by atoms with E-state index in [2.05, 4.69) is 0 Å². The molecule has 0 radical (unpaired) electrons. The number of amides is 4. The van der Waals surface area contributed by atoms with Crippen molar-refractivity contribution in [3.05, 3.63) is 35.9 Å². The van der Waals surface area contributed by atoms with Crippen LogP contribution in [0.15, 0.2) is 30.3 Å². The Balaban J connectivity index is 1.50. The van der Waals surface area contributed by atoms with Gasteiger partial charge in [-0.1, -0.05) is 30.3 Å². The number of carbonyl (C=O) groups excluding carboxylic acids is 4. The maximum Gasteiger partial charge on any atom is 0.240 e. The number of ether oxygens (including phenoxy) is 2. The minimum Gasteiger partial charge on any atom is -0.385 e. The first kappa shape index (κ1) is 25.3. The number of piperidine rings is 1. The largest absolute Gasteiger partial charge is 0.385 e. The van der Waals surface area contributed by atoms with Crippen molar-refractivity contribution in [2.24, 2.45) is 5.92 Å². The summed E-state index contributed by atoms with van der Waals surface area (Å²) in [5.41, 5.74) is -0.539. The standard InChI is InChI=1S/C26H35N3O6/c1-34-14-6-11-29-23(31)18-26(25(29)33,21-8-3-2-4-9-21)17-22(30)28-10-5-7-20(19-28)24(32)27-12-15-35-16-13-27/h2-4,8-9,20H,5-7,10-19H2,1H3/t20-,26-/m0/s1. The van der Waals surface area contributed by atoms with Gasteiger partial charge in [-0.05, 0) is 24.8 Å². The summed E-state index contributed by atoms with van der Waals surface area (Å²) in [7, 11) is 1.58. The van der Waals surface area contributed by atoms with Crippen molar-refractivity contribution in [3.8, 4) is 0 Å². The van der Waals surface area contributed by atoms with E-state index in [1.807, 2.05) is 35.2 Å². The number of nitrogens with zero attached hydrogens (tertiary/aromatic N) is 3. The highest BCUT2D eigenvalue weighted by molar-refractivity contribution is 6.10. The van der Waals surface area contributed by atoms with Crippen LogP contribution in [0.4, 0.5) is 0 Å². The summed E-state index contributed by atoms with van der Waals surface area (Å²) in [5, 5.41) is 0. The van der Waals surface area contributed by atoms with Gasteiger partial charge in [0.25, 0.3) is 0 Å². The van der Waals surface area contributed by atoms with Crippen LogP contribution >= 0.6 is 0 Å². The highest BCUT2D eigenvalue weighted by Crippen LogP contribution is 2.40. The van der Waals surface area contributed by atoms with Crippen LogP contribution in [-0.2, 0) is 34.1 Å². The van der Waals surface area contributed by atoms with E-state index in [1.54, 1.807) is 12.0 Å². The molecule has 3 aliphatic heterocycles. The summed E-state index contributed by atoms with van der Waals surface area (Å²) in [5.74, 6) is -0.948. The fourth-order valence-corrected chi connectivity index (χ4v) is 5.43. The summed E-state index contributed by atoms with van der Waals surface area (Å²) in [4.78, 5) is 58.0. The summed E-state index contributed by atoms with van der Waals surface area (Å²) < 4.78 is 10.4. The Morgan fingerprint density at radius 3 is 2.54 bits per heavy atom. The third-order valence-corrected chi connectivity index (χ3v) is 7.36. The molecule has 0 aliphatic carbocycles. The quantitative estimate of drug-likeness (QED) is 0.406. The van der Waals surface area contributed by atoms with Crippen molar-refractivity contribution >= 4 is 23.6 Å². The van der Waals surface area contributed by atoms with E-state index in [1.165, 1.54) is 4.90 Å². The monoisotopic (exact) mass is 485 g/mol. The van der Waals surface area contributed by atoms with Gasteiger partial charge >= 0.3 is 0 Å². The predicted molar refractivity (Wildman–Crippen MR) is 127 cm³/mol. The molecule has 0 aromatic heterocycles. The van der Waals surface area contributed by atoms with Gasteiger partial charge in [-0.25, -0.2) is 0 Å². The number of likely N-dealkylation sites (tertiary alicyclic amines) is 2. The molecule has 3 saturated heterocycles. The number of benzene rings is 1. The van der Waals surface area contributed by atoms with Gasteiger partial charge < -0.3 is 19.3 Å². The molecule has 3 fully saturated rings. The second kappa shape index (κ2) is 11.3. The molecular formula is C26H35N3O6. The summed E-state index contributed by atoms with van der Waals surface area (Å²) in [6, 6.07) is 9.13. The Morgan fingerprint density at radius 1 is 1.09 bits per heavy atom. The molecule has 0 saturated carbocycles. The minimum atomic E-state index is -1.22. The zero-order chi connectivity index (χ0) is 24.8. The number of carbonyl (C=O) groups is 4. The highest BCUT2D eigenvalue weighted by Gasteiger charge is 2.54. The Labute approximate surface area is 206 Å². The van der Waals surface area contributed by atoms with Crippen LogP contribution in [0.2, 0.25) is 0 Å². The number of rotatable bonds is 8. The summed E-state index contributed by atoms with van der Waals surface area (Å²) >= 11 is 0. The molecule has 1 aromatic rings. The lowest BCUT2D eigenvalue weighted by Gasteiger charge is -2.37. The Bertz CT molecular complexity index is 932. The lowest BCUT2D eigenvalue weighted by atomic mass is 9.75. The molecule has 0 unspecified atom stereocenters. The number of imide groups is 1. The first-order valence-electron chi connectivity index (χ1n) is 12.5. The lowest BCUT2D eigenvalue weighted by molar-refractivity contribution is -0.146. The molecule has 3 heterocycles. The first-order valence-corrected chi connectivity index (χ1v) is 12.5. The molecule has 9 nitrogen and oxygen atoms in total. The first-order chi connectivity index (χ1) is 17.0. The van der Waals surface area contributed by atoms with Gasteiger partial charge in [0.05, 0.1) is 24.5 Å². The third-order valence-electron chi connectivity index (χ3n) is 7.36. The second-order valence-electron chi connectivity index (χ2n) is 9.62. The van der Waals surface area contributed by atoms with E-state index >= 15 is 0 Å². The number of morpholine rings is 1. The Morgan fingerprint density at radius 2 is 1.83 bits per heavy atom. The molecule has 0 spiro atoms. The Kier molecular flexibility index (Phi) is 8.18. The molecule has 1 aromatic carbocycles. The fraction of sp³-hybridized carbons (Fsp3) is 0.615. The maximum atomic E-state index is 13.7. The Hall–Kier alpha value is -2.78. The second-order valence-corrected chi connectivity index (χ2v) is 9.62. The van der Waals surface area contributed by atoms with Crippen molar-refractivity contribution in [1.82, 2.24) is 14.7 Å². The van der Waals surface area contributed by atoms with Gasteiger partial charge in [-0.15, -0.1) is 0 Å². The molecule has 4 rings (SSSR count). The van der Waals surface area contributed by atoms with Crippen molar-refractivity contribution in [3.63, 3.8) is 0 Å². The molecule has 35 heavy (non-hydrogen) atoms. The molecule has 4 amide bonds. The summed E-state index contributed by atoms with van der Waals surface area (Å²) in [6.07, 6.45) is 1.92. The summed E-state index contributed by atoms with van der Waals surface area (Å²) in [6.45, 7) is 3.85. The van der Waals surface area contributed by atoms with Crippen LogP contribution < -0.4 is 0 Å². The zero-order valence-corrected chi connectivity index (χ0v) is 20.4. The van der Waals surface area contributed by atoms with Crippen LogP contribution in [0.25, 0.3) is 0 Å². The molecule has 3 aliphatic rings. The van der Waals surface area contributed by atoms with Crippen molar-refractivity contribution < 1.29 is 28.7 Å². The zero-order valence-electron chi connectivity index (χ0n) is 20.4. The van der Waals surface area contributed by atoms with Crippen LogP contribution in [0, 0.1) is 5.92 Å². The average Bonchev–Trinajstić information content (AvgIpc) is 3.14. The fourth-order valence-electron chi connectivity index (χ4n) is 5.43. The van der Waals surface area contributed by atoms with Crippen molar-refractivity contribution in [2.45, 2.75) is 37.5 Å². The van der Waals surface area contributed by atoms with E-state index in [-0.39, 0.29) is 48.9 Å². The van der Waals surface area contributed by atoms with Gasteiger partial charge in [-0.2, -0.15) is 0 Å². The molecular weight excluding hydrogens is 450 g/mol. The van der Waals surface area contributed by atoms with Gasteiger partial charge in [-0.3, -0.25) is 24.1 Å². The normalized spacial score (nSPS) is 25.3. The van der Waals surface area contributed by atoms with E-state index in [4.69, 9.17) is 9.47 Å². The van der Waals surface area contributed by atoms with E-state index < -0.39 is 5.41 Å². The number of hydrogen-bond donors (Lipinski definition) is 0. The molecule has 0 N–H and O–H groups in total. The van der Waals surface area contributed by atoms with Gasteiger partial charge in [0.15, 0.2) is 0 Å². The maximum absolute atomic E-state index is 13.7. The van der Waals surface area contributed by atoms with Gasteiger partial charge in [0.1, 0.15) is 0 Å². The topological polar surface area (TPSA) is 96.5 Å². The van der Waals surface area contributed by atoms with Crippen molar-refractivity contribution in [1.29, 1.82) is 0 Å². The smallest absolute Gasteiger partial charge is 0.240 e. The third kappa shape index (κ3) is 5.41. The average molecular weight is 486 g/mol. The number of hydrogen-bond acceptors (Lipinski definition) is 6. The van der Waals surface area contributed by atoms with E-state index in [0.717, 1.165) is 12.8 Å². The SMILES string of the molecule is COCCCN1C(=O)C[C@@](CC(=O)N2CCC[C@H](C(=O)N3CCOCC3)C2)(c2ccccc2)C1=O. The molecule has 190 valence electrons.